The van der Waals surface area contributed by atoms with Crippen molar-refractivity contribution < 1.29 is 27.9 Å². The van der Waals surface area contributed by atoms with Crippen LogP contribution in [0.1, 0.15) is 31.4 Å². The van der Waals surface area contributed by atoms with Crippen LogP contribution < -0.4 is 5.32 Å². The SMILES string of the molecule is CC(C)(O)C(=O)N[C@@H]1CC(=O)N(Cc2ccccc2C(F)(F)F)C1. The van der Waals surface area contributed by atoms with Crippen LogP contribution in [0.3, 0.4) is 0 Å². The number of nitrogens with zero attached hydrogens (tertiary/aromatic N) is 1. The van der Waals surface area contributed by atoms with Gasteiger partial charge in [0.25, 0.3) is 5.91 Å². The topological polar surface area (TPSA) is 69.6 Å². The number of alkyl halides is 3. The van der Waals surface area contributed by atoms with Crippen molar-refractivity contribution in [1.82, 2.24) is 10.2 Å². The third kappa shape index (κ3) is 4.25. The summed E-state index contributed by atoms with van der Waals surface area (Å²) in [6.07, 6.45) is -4.50. The van der Waals surface area contributed by atoms with Gasteiger partial charge in [-0.2, -0.15) is 13.2 Å². The van der Waals surface area contributed by atoms with E-state index in [1.807, 2.05) is 0 Å². The van der Waals surface area contributed by atoms with Crippen molar-refractivity contribution in [3.05, 3.63) is 35.4 Å². The van der Waals surface area contributed by atoms with Gasteiger partial charge in [0.1, 0.15) is 5.60 Å². The molecule has 5 nitrogen and oxygen atoms in total. The zero-order valence-corrected chi connectivity index (χ0v) is 13.4. The molecule has 2 amide bonds. The van der Waals surface area contributed by atoms with Crippen LogP contribution in [-0.4, -0.2) is 40.0 Å². The van der Waals surface area contributed by atoms with E-state index < -0.39 is 29.3 Å². The molecule has 0 aliphatic carbocycles. The van der Waals surface area contributed by atoms with Crippen molar-refractivity contribution in [3.63, 3.8) is 0 Å². The fourth-order valence-electron chi connectivity index (χ4n) is 2.52. The van der Waals surface area contributed by atoms with Crippen molar-refractivity contribution in [3.8, 4) is 0 Å². The Labute approximate surface area is 137 Å². The number of hydrogen-bond acceptors (Lipinski definition) is 3. The average Bonchev–Trinajstić information content (AvgIpc) is 2.77. The van der Waals surface area contributed by atoms with E-state index in [2.05, 4.69) is 5.32 Å². The summed E-state index contributed by atoms with van der Waals surface area (Å²) in [5.41, 5.74) is -2.35. The van der Waals surface area contributed by atoms with Crippen molar-refractivity contribution in [2.24, 2.45) is 0 Å². The first-order valence-corrected chi connectivity index (χ1v) is 7.44. The van der Waals surface area contributed by atoms with Crippen molar-refractivity contribution >= 4 is 11.8 Å². The molecule has 1 aliphatic rings. The van der Waals surface area contributed by atoms with E-state index in [9.17, 15) is 27.9 Å². The first-order chi connectivity index (χ1) is 11.0. The minimum absolute atomic E-state index is 0.00396. The fraction of sp³-hybridized carbons (Fsp3) is 0.500. The average molecular weight is 344 g/mol. The predicted octanol–water partition coefficient (Wildman–Crippen LogP) is 1.69. The Balaban J connectivity index is 2.08. The summed E-state index contributed by atoms with van der Waals surface area (Å²) >= 11 is 0. The number of hydrogen-bond donors (Lipinski definition) is 2. The molecule has 1 atom stereocenters. The van der Waals surface area contributed by atoms with E-state index in [1.54, 1.807) is 0 Å². The van der Waals surface area contributed by atoms with Gasteiger partial charge in [0.05, 0.1) is 11.6 Å². The highest BCUT2D eigenvalue weighted by Crippen LogP contribution is 2.32. The van der Waals surface area contributed by atoms with Crippen LogP contribution in [-0.2, 0) is 22.3 Å². The van der Waals surface area contributed by atoms with E-state index in [4.69, 9.17) is 0 Å². The Hall–Kier alpha value is -2.09. The first-order valence-electron chi connectivity index (χ1n) is 7.44. The number of carbonyl (C=O) groups excluding carboxylic acids is 2. The summed E-state index contributed by atoms with van der Waals surface area (Å²) < 4.78 is 39.0. The summed E-state index contributed by atoms with van der Waals surface area (Å²) in [6.45, 7) is 2.56. The van der Waals surface area contributed by atoms with Crippen LogP contribution in [0.15, 0.2) is 24.3 Å². The van der Waals surface area contributed by atoms with E-state index in [0.29, 0.717) is 0 Å². The lowest BCUT2D eigenvalue weighted by Gasteiger charge is -2.22. The standard InChI is InChI=1S/C16H19F3N2O3/c1-15(2,24)14(23)20-11-7-13(22)21(9-11)8-10-5-3-4-6-12(10)16(17,18)19/h3-6,11,24H,7-9H2,1-2H3,(H,20,23)/t11-/m1/s1. The summed E-state index contributed by atoms with van der Waals surface area (Å²) in [5.74, 6) is -0.967. The maximum absolute atomic E-state index is 13.0. The van der Waals surface area contributed by atoms with Gasteiger partial charge in [0, 0.05) is 19.5 Å². The zero-order chi connectivity index (χ0) is 18.1. The Morgan fingerprint density at radius 1 is 1.33 bits per heavy atom. The van der Waals surface area contributed by atoms with Crippen LogP contribution in [0.25, 0.3) is 0 Å². The van der Waals surface area contributed by atoms with E-state index in [-0.39, 0.29) is 31.0 Å². The highest BCUT2D eigenvalue weighted by molar-refractivity contribution is 5.86. The van der Waals surface area contributed by atoms with Gasteiger partial charge in [0.2, 0.25) is 5.91 Å². The largest absolute Gasteiger partial charge is 0.416 e. The number of rotatable bonds is 4. The Kier molecular flexibility index (Phi) is 4.89. The first kappa shape index (κ1) is 18.3. The molecular weight excluding hydrogens is 325 g/mol. The van der Waals surface area contributed by atoms with Gasteiger partial charge >= 0.3 is 6.18 Å². The fourth-order valence-corrected chi connectivity index (χ4v) is 2.52. The Morgan fingerprint density at radius 3 is 2.54 bits per heavy atom. The van der Waals surface area contributed by atoms with Crippen molar-refractivity contribution in [2.75, 3.05) is 6.54 Å². The highest BCUT2D eigenvalue weighted by Gasteiger charge is 2.37. The second-order valence-corrected chi connectivity index (χ2v) is 6.36. The molecule has 2 N–H and O–H groups in total. The van der Waals surface area contributed by atoms with Gasteiger partial charge < -0.3 is 15.3 Å². The monoisotopic (exact) mass is 344 g/mol. The van der Waals surface area contributed by atoms with E-state index in [0.717, 1.165) is 6.07 Å². The number of benzene rings is 1. The van der Waals surface area contributed by atoms with Gasteiger partial charge in [-0.05, 0) is 25.5 Å². The van der Waals surface area contributed by atoms with Gasteiger partial charge in [0.15, 0.2) is 0 Å². The van der Waals surface area contributed by atoms with E-state index >= 15 is 0 Å². The molecule has 1 fully saturated rings. The second-order valence-electron chi connectivity index (χ2n) is 6.36. The summed E-state index contributed by atoms with van der Waals surface area (Å²) in [7, 11) is 0. The predicted molar refractivity (Wildman–Crippen MR) is 79.7 cm³/mol. The number of halogens is 3. The van der Waals surface area contributed by atoms with Crippen LogP contribution >= 0.6 is 0 Å². The molecule has 8 heteroatoms. The summed E-state index contributed by atoms with van der Waals surface area (Å²) in [5, 5.41) is 12.1. The minimum atomic E-state index is -4.49. The molecule has 0 radical (unpaired) electrons. The molecule has 1 aromatic carbocycles. The van der Waals surface area contributed by atoms with Gasteiger partial charge in [-0.15, -0.1) is 0 Å². The second kappa shape index (κ2) is 6.43. The van der Waals surface area contributed by atoms with E-state index in [1.165, 1.54) is 36.9 Å². The smallest absolute Gasteiger partial charge is 0.381 e. The molecule has 1 aliphatic heterocycles. The molecule has 132 valence electrons. The molecular formula is C16H19F3N2O3. The van der Waals surface area contributed by atoms with Gasteiger partial charge in [-0.25, -0.2) is 0 Å². The quantitative estimate of drug-likeness (QED) is 0.873. The highest BCUT2D eigenvalue weighted by atomic mass is 19.4. The third-order valence-corrected chi connectivity index (χ3v) is 3.79. The number of likely N-dealkylation sites (tertiary alicyclic amines) is 1. The minimum Gasteiger partial charge on any atom is -0.381 e. The molecule has 24 heavy (non-hydrogen) atoms. The van der Waals surface area contributed by atoms with Crippen molar-refractivity contribution in [2.45, 2.75) is 44.6 Å². The normalized spacial score (nSPS) is 18.8. The Morgan fingerprint density at radius 2 is 1.96 bits per heavy atom. The molecule has 0 unspecified atom stereocenters. The molecule has 1 heterocycles. The molecule has 0 aromatic heterocycles. The van der Waals surface area contributed by atoms with Gasteiger partial charge in [-0.1, -0.05) is 18.2 Å². The molecule has 1 saturated heterocycles. The molecule has 0 saturated carbocycles. The number of carbonyl (C=O) groups is 2. The lowest BCUT2D eigenvalue weighted by Crippen LogP contribution is -2.47. The lowest BCUT2D eigenvalue weighted by molar-refractivity contribution is -0.139. The number of aliphatic hydroxyl groups is 1. The third-order valence-electron chi connectivity index (χ3n) is 3.79. The number of nitrogens with one attached hydrogen (secondary N) is 1. The van der Waals surface area contributed by atoms with Crippen molar-refractivity contribution in [1.29, 1.82) is 0 Å². The Bertz CT molecular complexity index is 638. The zero-order valence-electron chi connectivity index (χ0n) is 13.4. The molecule has 2 rings (SSSR count). The number of amides is 2. The van der Waals surface area contributed by atoms with Crippen LogP contribution in [0.4, 0.5) is 13.2 Å². The molecule has 1 aromatic rings. The molecule has 0 bridgehead atoms. The maximum Gasteiger partial charge on any atom is 0.416 e. The summed E-state index contributed by atoms with van der Waals surface area (Å²) in [6, 6.07) is 4.56. The summed E-state index contributed by atoms with van der Waals surface area (Å²) in [4.78, 5) is 25.0. The van der Waals surface area contributed by atoms with Crippen LogP contribution in [0, 0.1) is 0 Å². The maximum atomic E-state index is 13.0. The lowest BCUT2D eigenvalue weighted by atomic mass is 10.1. The van der Waals surface area contributed by atoms with Crippen LogP contribution in [0.5, 0.6) is 0 Å². The molecule has 0 spiro atoms. The van der Waals surface area contributed by atoms with Crippen LogP contribution in [0.2, 0.25) is 0 Å². The van der Waals surface area contributed by atoms with Gasteiger partial charge in [-0.3, -0.25) is 9.59 Å².